The molecule has 0 saturated carbocycles. The van der Waals surface area contributed by atoms with Crippen LogP contribution < -0.4 is 10.1 Å². The van der Waals surface area contributed by atoms with Crippen LogP contribution in [-0.4, -0.2) is 41.7 Å². The predicted octanol–water partition coefficient (Wildman–Crippen LogP) is 3.02. The quantitative estimate of drug-likeness (QED) is 0.230. The average Bonchev–Trinajstić information content (AvgIpc) is 3.04. The Balaban J connectivity index is 2.03. The van der Waals surface area contributed by atoms with Crippen molar-refractivity contribution < 1.29 is 23.7 Å². The van der Waals surface area contributed by atoms with Gasteiger partial charge >= 0.3 is 0 Å². The maximum absolute atomic E-state index is 13.3. The minimum atomic E-state index is -0.411. The molecule has 1 aromatic carbocycles. The first kappa shape index (κ1) is 18.1. The lowest BCUT2D eigenvalue weighted by molar-refractivity contribution is 0.181. The van der Waals surface area contributed by atoms with Gasteiger partial charge in [0, 0.05) is 19.4 Å². The zero-order valence-electron chi connectivity index (χ0n) is 12.8. The van der Waals surface area contributed by atoms with Gasteiger partial charge in [0.05, 0.1) is 11.1 Å². The van der Waals surface area contributed by atoms with Gasteiger partial charge in [-0.1, -0.05) is 5.16 Å². The predicted molar refractivity (Wildman–Crippen MR) is 86.9 cm³/mol. The Morgan fingerprint density at radius 3 is 2.88 bits per heavy atom. The number of amidine groups is 1. The normalized spacial score (nSPS) is 11.5. The second-order valence-corrected chi connectivity index (χ2v) is 5.52. The van der Waals surface area contributed by atoms with Crippen LogP contribution in [0, 0.1) is 5.82 Å². The fraction of sp³-hybridized carbons (Fsp3) is 0.357. The van der Waals surface area contributed by atoms with Crippen LogP contribution in [0.1, 0.15) is 18.5 Å². The smallest absolute Gasteiger partial charge is 0.287 e. The Hall–Kier alpha value is -2.20. The summed E-state index contributed by atoms with van der Waals surface area (Å²) in [7, 11) is 1.63. The van der Waals surface area contributed by atoms with Crippen LogP contribution in [0.3, 0.4) is 0 Å². The van der Waals surface area contributed by atoms with Gasteiger partial charge in [-0.05, 0) is 57.3 Å². The second kappa shape index (κ2) is 9.18. The molecule has 1 aromatic heterocycles. The van der Waals surface area contributed by atoms with Crippen molar-refractivity contribution in [1.82, 2.24) is 10.3 Å². The van der Waals surface area contributed by atoms with E-state index in [1.165, 1.54) is 18.2 Å². The molecule has 0 aliphatic rings. The first-order valence-corrected chi connectivity index (χ1v) is 7.83. The second-order valence-electron chi connectivity index (χ2n) is 4.67. The summed E-state index contributed by atoms with van der Waals surface area (Å²) in [6, 6.07) is 4.22. The lowest BCUT2D eigenvalue weighted by Crippen LogP contribution is -2.16. The number of hydrogen-bond acceptors (Lipinski definition) is 7. The molecule has 0 fully saturated rings. The van der Waals surface area contributed by atoms with Crippen molar-refractivity contribution in [3.63, 3.8) is 0 Å². The average molecular weight is 403 g/mol. The van der Waals surface area contributed by atoms with Crippen molar-refractivity contribution in [3.05, 3.63) is 34.2 Å². The molecular weight excluding hydrogens is 387 g/mol. The van der Waals surface area contributed by atoms with E-state index in [9.17, 15) is 9.60 Å². The molecule has 0 radical (unpaired) electrons. The van der Waals surface area contributed by atoms with E-state index < -0.39 is 5.82 Å². The van der Waals surface area contributed by atoms with E-state index in [1.54, 1.807) is 7.11 Å². The molecular formula is C14H16BrFN4O4. The highest BCUT2D eigenvalue weighted by Gasteiger charge is 2.19. The van der Waals surface area contributed by atoms with Crippen molar-refractivity contribution in [2.45, 2.75) is 12.8 Å². The van der Waals surface area contributed by atoms with Gasteiger partial charge in [-0.2, -0.15) is 0 Å². The van der Waals surface area contributed by atoms with Gasteiger partial charge in [-0.25, -0.2) is 9.02 Å². The van der Waals surface area contributed by atoms with E-state index in [1.807, 2.05) is 0 Å². The van der Waals surface area contributed by atoms with Crippen molar-refractivity contribution >= 4 is 27.5 Å². The van der Waals surface area contributed by atoms with Gasteiger partial charge in [-0.15, -0.1) is 0 Å². The van der Waals surface area contributed by atoms with E-state index in [0.717, 1.165) is 12.8 Å². The molecule has 0 aliphatic carbocycles. The molecule has 10 heteroatoms. The largest absolute Gasteiger partial charge is 0.474 e. The molecule has 0 spiro atoms. The summed E-state index contributed by atoms with van der Waals surface area (Å²) < 4.78 is 28.6. The number of benzene rings is 1. The molecule has 1 heterocycles. The Kier molecular flexibility index (Phi) is 6.94. The number of methoxy groups -OCH3 is 1. The zero-order valence-corrected chi connectivity index (χ0v) is 14.4. The van der Waals surface area contributed by atoms with Gasteiger partial charge in [0.2, 0.25) is 11.5 Å². The van der Waals surface area contributed by atoms with Crippen molar-refractivity contribution in [2.75, 3.05) is 25.6 Å². The number of ether oxygens (including phenoxy) is 2. The van der Waals surface area contributed by atoms with Crippen LogP contribution in [0.2, 0.25) is 0 Å². The summed E-state index contributed by atoms with van der Waals surface area (Å²) in [5, 5.41) is 22.4. The molecule has 0 amide bonds. The van der Waals surface area contributed by atoms with Crippen molar-refractivity contribution in [2.24, 2.45) is 5.16 Å². The molecule has 0 saturated heterocycles. The maximum atomic E-state index is 13.3. The van der Waals surface area contributed by atoms with Gasteiger partial charge < -0.3 is 20.0 Å². The highest BCUT2D eigenvalue weighted by Crippen LogP contribution is 2.22. The van der Waals surface area contributed by atoms with Gasteiger partial charge in [0.15, 0.2) is 0 Å². The van der Waals surface area contributed by atoms with Crippen molar-refractivity contribution in [1.29, 1.82) is 0 Å². The number of unbranched alkanes of at least 4 members (excludes halogenated alkanes) is 1. The van der Waals surface area contributed by atoms with Crippen LogP contribution in [0.25, 0.3) is 0 Å². The molecule has 0 bridgehead atoms. The highest BCUT2D eigenvalue weighted by atomic mass is 79.9. The molecule has 2 aromatic rings. The molecule has 8 nitrogen and oxygen atoms in total. The Bertz CT molecular complexity index is 695. The number of oxime groups is 1. The number of nitrogens with zero attached hydrogens (tertiary/aromatic N) is 3. The van der Waals surface area contributed by atoms with Crippen LogP contribution in [0.5, 0.6) is 5.88 Å². The van der Waals surface area contributed by atoms with Crippen LogP contribution in [0.4, 0.5) is 10.1 Å². The number of aromatic nitrogens is 2. The topological polar surface area (TPSA) is 102 Å². The molecule has 0 unspecified atom stereocenters. The van der Waals surface area contributed by atoms with E-state index >= 15 is 0 Å². The summed E-state index contributed by atoms with van der Waals surface area (Å²) in [5.74, 6) is -0.359. The lowest BCUT2D eigenvalue weighted by atomic mass is 10.3. The Labute approximate surface area is 145 Å². The summed E-state index contributed by atoms with van der Waals surface area (Å²) in [6.07, 6.45) is 1.59. The zero-order chi connectivity index (χ0) is 17.4. The number of halogens is 2. The maximum Gasteiger partial charge on any atom is 0.287 e. The van der Waals surface area contributed by atoms with Crippen LogP contribution >= 0.6 is 15.9 Å². The van der Waals surface area contributed by atoms with E-state index in [-0.39, 0.29) is 21.9 Å². The minimum Gasteiger partial charge on any atom is -0.474 e. The number of hydrogen-bond donors (Lipinski definition) is 2. The molecule has 2 rings (SSSR count). The number of anilines is 1. The first-order chi connectivity index (χ1) is 11.7. The molecule has 130 valence electrons. The van der Waals surface area contributed by atoms with E-state index in [2.05, 4.69) is 41.3 Å². The van der Waals surface area contributed by atoms with Crippen LogP contribution in [0.15, 0.2) is 32.5 Å². The van der Waals surface area contributed by atoms with Gasteiger partial charge in [-0.3, -0.25) is 0 Å². The SMILES string of the molecule is COCCCCOc1nonc1/C(=N/O)Nc1ccc(F)c(Br)c1. The van der Waals surface area contributed by atoms with Crippen molar-refractivity contribution in [3.8, 4) is 5.88 Å². The summed E-state index contributed by atoms with van der Waals surface area (Å²) in [4.78, 5) is 0. The summed E-state index contributed by atoms with van der Waals surface area (Å²) >= 11 is 3.08. The third kappa shape index (κ3) is 4.90. The fourth-order valence-electron chi connectivity index (χ4n) is 1.78. The van der Waals surface area contributed by atoms with Gasteiger partial charge in [0.1, 0.15) is 5.82 Å². The number of rotatable bonds is 8. The third-order valence-corrected chi connectivity index (χ3v) is 3.55. The molecule has 24 heavy (non-hydrogen) atoms. The van der Waals surface area contributed by atoms with E-state index in [0.29, 0.717) is 18.9 Å². The van der Waals surface area contributed by atoms with Crippen LogP contribution in [-0.2, 0) is 4.74 Å². The lowest BCUT2D eigenvalue weighted by Gasteiger charge is -2.08. The van der Waals surface area contributed by atoms with Gasteiger partial charge in [0.25, 0.3) is 5.88 Å². The molecule has 0 atom stereocenters. The standard InChI is InChI=1S/C14H16BrFN4O4/c1-22-6-2-3-7-23-14-12(19-24-20-14)13(18-21)17-9-4-5-11(16)10(15)8-9/h4-5,8,21H,2-3,6-7H2,1H3,(H,17,18). The molecule has 2 N–H and O–H groups in total. The summed E-state index contributed by atoms with van der Waals surface area (Å²) in [5.41, 5.74) is 0.579. The van der Waals surface area contributed by atoms with E-state index in [4.69, 9.17) is 9.47 Å². The summed E-state index contributed by atoms with van der Waals surface area (Å²) in [6.45, 7) is 1.02. The number of nitrogens with one attached hydrogen (secondary N) is 1. The fourth-order valence-corrected chi connectivity index (χ4v) is 2.16. The third-order valence-electron chi connectivity index (χ3n) is 2.95. The molecule has 0 aliphatic heterocycles. The Morgan fingerprint density at radius 2 is 2.17 bits per heavy atom. The highest BCUT2D eigenvalue weighted by molar-refractivity contribution is 9.10. The first-order valence-electron chi connectivity index (χ1n) is 7.04. The Morgan fingerprint density at radius 1 is 1.38 bits per heavy atom. The minimum absolute atomic E-state index is 0.0401. The monoisotopic (exact) mass is 402 g/mol.